The molecule has 1 aliphatic rings. The number of alkyl halides is 3. The number of oxazole rings is 1. The summed E-state index contributed by atoms with van der Waals surface area (Å²) < 4.78 is 67.1. The summed E-state index contributed by atoms with van der Waals surface area (Å²) in [5, 5.41) is 0. The van der Waals surface area contributed by atoms with E-state index in [0.717, 1.165) is 54.2 Å². The average Bonchev–Trinajstić information content (AvgIpc) is 3.36. The van der Waals surface area contributed by atoms with Gasteiger partial charge >= 0.3 is 5.51 Å². The summed E-state index contributed by atoms with van der Waals surface area (Å²) in [5.74, 6) is 1.32. The maximum atomic E-state index is 12.7. The van der Waals surface area contributed by atoms with Gasteiger partial charge in [0.15, 0.2) is 0 Å². The number of rotatable bonds is 6. The monoisotopic (exact) mass is 514 g/mol. The number of aryl methyl sites for hydroxylation is 1. The van der Waals surface area contributed by atoms with Crippen LogP contribution in [-0.2, 0) is 16.3 Å². The van der Waals surface area contributed by atoms with E-state index < -0.39 is 20.2 Å². The van der Waals surface area contributed by atoms with Gasteiger partial charge in [-0.3, -0.25) is 0 Å². The van der Waals surface area contributed by atoms with Crippen molar-refractivity contribution in [1.82, 2.24) is 9.88 Å². The van der Waals surface area contributed by atoms with Gasteiger partial charge in [0.1, 0.15) is 5.76 Å². The van der Waals surface area contributed by atoms with Crippen LogP contribution in [0.3, 0.4) is 0 Å². The zero-order valence-corrected chi connectivity index (χ0v) is 20.4. The summed E-state index contributed by atoms with van der Waals surface area (Å²) in [6.45, 7) is 6.23. The second-order valence-corrected chi connectivity index (χ2v) is 10.3. The van der Waals surface area contributed by atoms with Crippen LogP contribution in [0.15, 0.2) is 57.8 Å². The third kappa shape index (κ3) is 5.31. The van der Waals surface area contributed by atoms with Gasteiger partial charge in [-0.15, -0.1) is 12.4 Å². The molecular weight excluding hydrogens is 489 g/mol. The molecule has 4 rings (SSSR count). The average molecular weight is 515 g/mol. The van der Waals surface area contributed by atoms with E-state index in [0.29, 0.717) is 17.5 Å². The minimum absolute atomic E-state index is 0. The number of hydrogen-bond acceptors (Lipinski definition) is 5. The summed E-state index contributed by atoms with van der Waals surface area (Å²) in [7, 11) is -5.36. The Morgan fingerprint density at radius 3 is 2.12 bits per heavy atom. The third-order valence-electron chi connectivity index (χ3n) is 6.15. The molecule has 10 heteroatoms. The molecule has 2 aromatic carbocycles. The molecule has 0 radical (unpaired) electrons. The van der Waals surface area contributed by atoms with Crippen LogP contribution in [-0.4, -0.2) is 42.9 Å². The fourth-order valence-electron chi connectivity index (χ4n) is 4.12. The molecule has 1 aromatic heterocycles. The van der Waals surface area contributed by atoms with Gasteiger partial charge in [0.05, 0.1) is 10.6 Å². The van der Waals surface area contributed by atoms with Crippen LogP contribution in [0.1, 0.15) is 31.2 Å². The minimum atomic E-state index is -5.36. The lowest BCUT2D eigenvalue weighted by Gasteiger charge is -2.20. The Morgan fingerprint density at radius 2 is 1.59 bits per heavy atom. The lowest BCUT2D eigenvalue weighted by Crippen LogP contribution is -2.29. The van der Waals surface area contributed by atoms with E-state index in [4.69, 9.17) is 4.42 Å². The summed E-state index contributed by atoms with van der Waals surface area (Å²) in [5.41, 5.74) is -2.25. The van der Waals surface area contributed by atoms with E-state index in [-0.39, 0.29) is 12.4 Å². The summed E-state index contributed by atoms with van der Waals surface area (Å²) in [4.78, 5) is 6.35. The van der Waals surface area contributed by atoms with Gasteiger partial charge in [0.2, 0.25) is 5.89 Å². The van der Waals surface area contributed by atoms with Crippen molar-refractivity contribution in [2.24, 2.45) is 0 Å². The molecule has 1 fully saturated rings. The first-order valence-electron chi connectivity index (χ1n) is 10.8. The predicted octanol–water partition coefficient (Wildman–Crippen LogP) is 6.06. The van der Waals surface area contributed by atoms with E-state index in [1.165, 1.54) is 25.0 Å². The van der Waals surface area contributed by atoms with Crippen LogP contribution in [0.2, 0.25) is 0 Å². The highest BCUT2D eigenvalue weighted by Gasteiger charge is 2.46. The van der Waals surface area contributed by atoms with Crippen LogP contribution in [0.5, 0.6) is 0 Å². The number of benzene rings is 2. The van der Waals surface area contributed by atoms with E-state index in [1.54, 1.807) is 12.1 Å². The van der Waals surface area contributed by atoms with Crippen molar-refractivity contribution in [1.29, 1.82) is 0 Å². The number of hydrogen-bond donors (Lipinski definition) is 0. The Labute approximate surface area is 203 Å². The molecule has 2 heterocycles. The molecule has 0 bridgehead atoms. The topological polar surface area (TPSA) is 63.4 Å². The van der Waals surface area contributed by atoms with Crippen LogP contribution in [0.25, 0.3) is 22.6 Å². The van der Waals surface area contributed by atoms with Crippen molar-refractivity contribution in [3.05, 3.63) is 60.0 Å². The fraction of sp³-hybridized carbons (Fsp3) is 0.375. The lowest BCUT2D eigenvalue weighted by molar-refractivity contribution is -0.0436. The Balaban J connectivity index is 0.00000324. The SMILES string of the molecule is Cc1oc(-c2ccc(-c3ccc(S(=O)(=O)C(F)(F)F)cc3)cc2)nc1CCN1CCC[C@H]1C.Cl. The quantitative estimate of drug-likeness (QED) is 0.400. The van der Waals surface area contributed by atoms with Crippen LogP contribution >= 0.6 is 12.4 Å². The number of likely N-dealkylation sites (tertiary alicyclic amines) is 1. The number of halogens is 4. The number of sulfone groups is 1. The van der Waals surface area contributed by atoms with Gasteiger partial charge < -0.3 is 9.32 Å². The van der Waals surface area contributed by atoms with Crippen molar-refractivity contribution in [3.63, 3.8) is 0 Å². The maximum Gasteiger partial charge on any atom is 0.501 e. The molecular formula is C24H26ClF3N2O3S. The molecule has 1 saturated heterocycles. The largest absolute Gasteiger partial charge is 0.501 e. The Hall–Kier alpha value is -2.36. The molecule has 0 saturated carbocycles. The van der Waals surface area contributed by atoms with Gasteiger partial charge in [0, 0.05) is 24.6 Å². The molecule has 0 amide bonds. The van der Waals surface area contributed by atoms with E-state index in [9.17, 15) is 21.6 Å². The molecule has 0 aliphatic carbocycles. The Morgan fingerprint density at radius 1 is 1.03 bits per heavy atom. The summed E-state index contributed by atoms with van der Waals surface area (Å²) >= 11 is 0. The Bertz CT molecular complexity index is 1220. The van der Waals surface area contributed by atoms with Crippen LogP contribution in [0, 0.1) is 6.92 Å². The van der Waals surface area contributed by atoms with Gasteiger partial charge in [-0.2, -0.15) is 13.2 Å². The first kappa shape index (κ1) is 26.2. The van der Waals surface area contributed by atoms with Gasteiger partial charge in [-0.25, -0.2) is 13.4 Å². The second kappa shape index (κ2) is 10.1. The molecule has 0 N–H and O–H groups in total. The Kier molecular flexibility index (Phi) is 7.79. The van der Waals surface area contributed by atoms with Crippen LogP contribution < -0.4 is 0 Å². The van der Waals surface area contributed by atoms with Gasteiger partial charge in [0.25, 0.3) is 9.84 Å². The van der Waals surface area contributed by atoms with Gasteiger partial charge in [-0.1, -0.05) is 24.3 Å². The normalized spacial score (nSPS) is 17.0. The molecule has 3 aromatic rings. The standard InChI is InChI=1S/C24H25F3N2O3S.ClH/c1-16-4-3-14-29(16)15-13-22-17(2)32-23(28-22)20-7-5-18(6-8-20)19-9-11-21(12-10-19)33(30,31)24(25,26)27;/h5-12,16H,3-4,13-15H2,1-2H3;1H/t16-;/m1./s1. The minimum Gasteiger partial charge on any atom is -0.441 e. The molecule has 5 nitrogen and oxygen atoms in total. The predicted molar refractivity (Wildman–Crippen MR) is 127 cm³/mol. The molecule has 34 heavy (non-hydrogen) atoms. The smallest absolute Gasteiger partial charge is 0.441 e. The van der Waals surface area contributed by atoms with Crippen molar-refractivity contribution in [2.75, 3.05) is 13.1 Å². The highest BCUT2D eigenvalue weighted by Crippen LogP contribution is 2.32. The highest BCUT2D eigenvalue weighted by molar-refractivity contribution is 7.92. The molecule has 1 atom stereocenters. The maximum absolute atomic E-state index is 12.7. The highest BCUT2D eigenvalue weighted by atomic mass is 35.5. The fourth-order valence-corrected chi connectivity index (χ4v) is 4.88. The molecule has 0 spiro atoms. The number of nitrogens with zero attached hydrogens (tertiary/aromatic N) is 2. The third-order valence-corrected chi connectivity index (χ3v) is 7.66. The van der Waals surface area contributed by atoms with Gasteiger partial charge in [-0.05, 0) is 68.6 Å². The van der Waals surface area contributed by atoms with Crippen molar-refractivity contribution in [3.8, 4) is 22.6 Å². The van der Waals surface area contributed by atoms with Crippen LogP contribution in [0.4, 0.5) is 13.2 Å². The first-order chi connectivity index (χ1) is 15.6. The zero-order valence-electron chi connectivity index (χ0n) is 18.8. The summed E-state index contributed by atoms with van der Waals surface area (Å²) in [6, 6.07) is 12.5. The molecule has 184 valence electrons. The van der Waals surface area contributed by atoms with Crippen molar-refractivity contribution >= 4 is 22.2 Å². The van der Waals surface area contributed by atoms with E-state index in [1.807, 2.05) is 19.1 Å². The molecule has 0 unspecified atom stereocenters. The summed E-state index contributed by atoms with van der Waals surface area (Å²) in [6.07, 6.45) is 3.29. The zero-order chi connectivity index (χ0) is 23.8. The number of aromatic nitrogens is 1. The van der Waals surface area contributed by atoms with E-state index >= 15 is 0 Å². The molecule has 1 aliphatic heterocycles. The lowest BCUT2D eigenvalue weighted by atomic mass is 10.0. The van der Waals surface area contributed by atoms with Crippen molar-refractivity contribution in [2.45, 2.75) is 49.6 Å². The second-order valence-electron chi connectivity index (χ2n) is 8.35. The first-order valence-corrected chi connectivity index (χ1v) is 12.3. The van der Waals surface area contributed by atoms with Crippen molar-refractivity contribution < 1.29 is 26.0 Å². The van der Waals surface area contributed by atoms with E-state index in [2.05, 4.69) is 16.8 Å².